The van der Waals surface area contributed by atoms with Crippen LogP contribution in [0.15, 0.2) is 0 Å². The third kappa shape index (κ3) is 0.899. The van der Waals surface area contributed by atoms with Crippen molar-refractivity contribution >= 4 is 8.96 Å². The fourth-order valence-corrected chi connectivity index (χ4v) is 2.81. The van der Waals surface area contributed by atoms with Crippen molar-refractivity contribution in [1.29, 1.82) is 0 Å². The molecule has 0 aromatic rings. The molecular formula is C6H12NOP. The zero-order valence-electron chi connectivity index (χ0n) is 5.63. The van der Waals surface area contributed by atoms with Crippen molar-refractivity contribution < 1.29 is 4.52 Å². The van der Waals surface area contributed by atoms with Gasteiger partial charge in [0.1, 0.15) is 0 Å². The van der Waals surface area contributed by atoms with E-state index in [9.17, 15) is 0 Å². The minimum absolute atomic E-state index is 0.505. The Morgan fingerprint density at radius 2 is 2.56 bits per heavy atom. The second-order valence-corrected chi connectivity index (χ2v) is 3.81. The van der Waals surface area contributed by atoms with Crippen LogP contribution in [-0.2, 0) is 4.52 Å². The number of hydrogen-bond donors (Lipinski definition) is 0. The van der Waals surface area contributed by atoms with E-state index in [1.54, 1.807) is 0 Å². The predicted molar refractivity (Wildman–Crippen MR) is 38.6 cm³/mol. The van der Waals surface area contributed by atoms with Gasteiger partial charge in [-0.3, -0.25) is 4.67 Å². The van der Waals surface area contributed by atoms with Crippen molar-refractivity contribution in [3.05, 3.63) is 0 Å². The van der Waals surface area contributed by atoms with Gasteiger partial charge in [-0.25, -0.2) is 0 Å². The van der Waals surface area contributed by atoms with Crippen LogP contribution in [0, 0.1) is 0 Å². The lowest BCUT2D eigenvalue weighted by Gasteiger charge is -2.11. The third-order valence-electron chi connectivity index (χ3n) is 2.20. The van der Waals surface area contributed by atoms with Gasteiger partial charge < -0.3 is 4.52 Å². The molecule has 2 aliphatic heterocycles. The first-order chi connectivity index (χ1) is 4.38. The quantitative estimate of drug-likeness (QED) is 0.477. The highest BCUT2D eigenvalue weighted by atomic mass is 31.1. The Morgan fingerprint density at radius 1 is 1.67 bits per heavy atom. The van der Waals surface area contributed by atoms with E-state index in [0.717, 1.165) is 6.04 Å². The molecule has 1 unspecified atom stereocenters. The van der Waals surface area contributed by atoms with E-state index >= 15 is 0 Å². The molecule has 2 saturated heterocycles. The minimum Gasteiger partial charge on any atom is -0.342 e. The number of nitrogens with zero attached hydrogens (tertiary/aromatic N) is 1. The van der Waals surface area contributed by atoms with E-state index in [0.29, 0.717) is 15.1 Å². The van der Waals surface area contributed by atoms with Gasteiger partial charge >= 0.3 is 0 Å². The summed E-state index contributed by atoms with van der Waals surface area (Å²) in [7, 11) is 0.656. The molecule has 52 valence electrons. The Bertz CT molecular complexity index is 120. The van der Waals surface area contributed by atoms with E-state index in [2.05, 4.69) is 11.6 Å². The lowest BCUT2D eigenvalue weighted by molar-refractivity contribution is 0.233. The maximum Gasteiger partial charge on any atom is 0.0897 e. The SMILES string of the molecule is C[C@H]1OPN2CCC[C@@H]12. The molecule has 0 amide bonds. The molecule has 2 heterocycles. The van der Waals surface area contributed by atoms with Gasteiger partial charge in [0.05, 0.1) is 15.1 Å². The predicted octanol–water partition coefficient (Wildman–Crippen LogP) is 1.38. The molecule has 2 aliphatic rings. The van der Waals surface area contributed by atoms with Gasteiger partial charge in [-0.05, 0) is 19.8 Å². The molecule has 2 rings (SSSR count). The molecule has 9 heavy (non-hydrogen) atoms. The Morgan fingerprint density at radius 3 is 3.33 bits per heavy atom. The van der Waals surface area contributed by atoms with E-state index in [1.165, 1.54) is 19.4 Å². The molecule has 0 aromatic heterocycles. The fraction of sp³-hybridized carbons (Fsp3) is 1.00. The Kier molecular flexibility index (Phi) is 1.48. The van der Waals surface area contributed by atoms with Crippen molar-refractivity contribution in [2.75, 3.05) is 6.54 Å². The van der Waals surface area contributed by atoms with Gasteiger partial charge in [0.2, 0.25) is 0 Å². The molecule has 0 bridgehead atoms. The summed E-state index contributed by atoms with van der Waals surface area (Å²) in [5.41, 5.74) is 0. The maximum absolute atomic E-state index is 5.47. The molecule has 0 radical (unpaired) electrons. The van der Waals surface area contributed by atoms with E-state index < -0.39 is 0 Å². The van der Waals surface area contributed by atoms with Crippen LogP contribution in [0.1, 0.15) is 19.8 Å². The number of fused-ring (bicyclic) bond motifs is 1. The highest BCUT2D eigenvalue weighted by molar-refractivity contribution is 7.29. The summed E-state index contributed by atoms with van der Waals surface area (Å²) >= 11 is 0. The molecule has 0 saturated carbocycles. The third-order valence-corrected chi connectivity index (χ3v) is 3.46. The lowest BCUT2D eigenvalue weighted by atomic mass is 10.1. The molecular weight excluding hydrogens is 133 g/mol. The Balaban J connectivity index is 2.07. The molecule has 0 aromatic carbocycles. The van der Waals surface area contributed by atoms with Crippen LogP contribution in [0.3, 0.4) is 0 Å². The highest BCUT2D eigenvalue weighted by Crippen LogP contribution is 2.41. The van der Waals surface area contributed by atoms with Crippen LogP contribution in [0.25, 0.3) is 0 Å². The first-order valence-corrected chi connectivity index (χ1v) is 4.41. The van der Waals surface area contributed by atoms with Crippen LogP contribution in [-0.4, -0.2) is 23.4 Å². The summed E-state index contributed by atoms with van der Waals surface area (Å²) in [6.45, 7) is 3.45. The molecule has 2 fully saturated rings. The van der Waals surface area contributed by atoms with Gasteiger partial charge in [0.15, 0.2) is 0 Å². The van der Waals surface area contributed by atoms with Crippen LogP contribution in [0.5, 0.6) is 0 Å². The summed E-state index contributed by atoms with van der Waals surface area (Å²) < 4.78 is 7.94. The van der Waals surface area contributed by atoms with Crippen molar-refractivity contribution in [2.24, 2.45) is 0 Å². The van der Waals surface area contributed by atoms with Gasteiger partial charge in [-0.1, -0.05) is 0 Å². The van der Waals surface area contributed by atoms with Crippen LogP contribution < -0.4 is 0 Å². The molecule has 0 aliphatic carbocycles. The standard InChI is InChI=1S/C6H12NOP/c1-5-6-3-2-4-7(6)9-8-5/h5-6,9H,2-4H2,1H3/t5-,6+/m1/s1. The Hall–Kier alpha value is 0.350. The first kappa shape index (κ1) is 6.09. The fourth-order valence-electron chi connectivity index (χ4n) is 1.62. The average molecular weight is 145 g/mol. The minimum atomic E-state index is 0.505. The van der Waals surface area contributed by atoms with Crippen molar-refractivity contribution in [3.63, 3.8) is 0 Å². The van der Waals surface area contributed by atoms with Crippen molar-refractivity contribution in [1.82, 2.24) is 4.67 Å². The summed E-state index contributed by atoms with van der Waals surface area (Å²) in [5, 5.41) is 0. The number of rotatable bonds is 0. The first-order valence-electron chi connectivity index (χ1n) is 3.56. The second-order valence-electron chi connectivity index (χ2n) is 2.82. The smallest absolute Gasteiger partial charge is 0.0897 e. The van der Waals surface area contributed by atoms with Crippen LogP contribution in [0.4, 0.5) is 0 Å². The summed E-state index contributed by atoms with van der Waals surface area (Å²) in [5.74, 6) is 0. The van der Waals surface area contributed by atoms with E-state index in [-0.39, 0.29) is 0 Å². The van der Waals surface area contributed by atoms with E-state index in [4.69, 9.17) is 4.52 Å². The van der Waals surface area contributed by atoms with Gasteiger partial charge in [0, 0.05) is 12.6 Å². The van der Waals surface area contributed by atoms with Crippen molar-refractivity contribution in [2.45, 2.75) is 31.9 Å². The van der Waals surface area contributed by atoms with E-state index in [1.807, 2.05) is 0 Å². The monoisotopic (exact) mass is 145 g/mol. The van der Waals surface area contributed by atoms with Gasteiger partial charge in [-0.15, -0.1) is 0 Å². The maximum atomic E-state index is 5.47. The van der Waals surface area contributed by atoms with Gasteiger partial charge in [0.25, 0.3) is 0 Å². The molecule has 3 heteroatoms. The normalized spacial score (nSPS) is 46.3. The summed E-state index contributed by atoms with van der Waals surface area (Å²) in [6.07, 6.45) is 3.24. The zero-order valence-corrected chi connectivity index (χ0v) is 6.63. The molecule has 0 spiro atoms. The average Bonchev–Trinajstić information content (AvgIpc) is 2.35. The highest BCUT2D eigenvalue weighted by Gasteiger charge is 2.35. The topological polar surface area (TPSA) is 12.5 Å². The number of hydrogen-bond acceptors (Lipinski definition) is 2. The van der Waals surface area contributed by atoms with Crippen LogP contribution >= 0.6 is 8.96 Å². The van der Waals surface area contributed by atoms with Crippen LogP contribution in [0.2, 0.25) is 0 Å². The molecule has 3 atom stereocenters. The van der Waals surface area contributed by atoms with Gasteiger partial charge in [-0.2, -0.15) is 0 Å². The zero-order chi connectivity index (χ0) is 6.27. The largest absolute Gasteiger partial charge is 0.342 e. The second kappa shape index (κ2) is 2.19. The summed E-state index contributed by atoms with van der Waals surface area (Å²) in [4.78, 5) is 0. The Labute approximate surface area is 57.5 Å². The lowest BCUT2D eigenvalue weighted by Crippen LogP contribution is -2.24. The molecule has 2 nitrogen and oxygen atoms in total. The molecule has 0 N–H and O–H groups in total. The summed E-state index contributed by atoms with van der Waals surface area (Å²) in [6, 6.07) is 0.767. The van der Waals surface area contributed by atoms with Crippen molar-refractivity contribution in [3.8, 4) is 0 Å².